The van der Waals surface area contributed by atoms with E-state index in [0.717, 1.165) is 23.2 Å². The Labute approximate surface area is 176 Å². The molecule has 4 rings (SSSR count). The first-order valence-corrected chi connectivity index (χ1v) is 11.8. The van der Waals surface area contributed by atoms with Gasteiger partial charge in [0.2, 0.25) is 15.9 Å². The number of aryl methyl sites for hydroxylation is 1. The Hall–Kier alpha value is -2.58. The van der Waals surface area contributed by atoms with Crippen LogP contribution in [0.4, 0.5) is 0 Å². The van der Waals surface area contributed by atoms with E-state index in [1.54, 1.807) is 18.4 Å². The summed E-state index contributed by atoms with van der Waals surface area (Å²) in [5.74, 6) is 0.377. The van der Waals surface area contributed by atoms with E-state index in [2.05, 4.69) is 16.8 Å². The standard InChI is InChI=1S/C22H27N3O4S/c1-2-24-13-10-17-15-20(7-8-21(17)24)30(27,28)25-12-3-5-18(16-25)22(26)23-11-9-19-6-4-14-29-19/h4,6-8,10,13-15,18H,2-3,5,9,11-12,16H2,1H3,(H,23,26)/t18-/m0/s1. The Morgan fingerprint density at radius 2 is 2.13 bits per heavy atom. The summed E-state index contributed by atoms with van der Waals surface area (Å²) in [4.78, 5) is 12.9. The van der Waals surface area contributed by atoms with Gasteiger partial charge >= 0.3 is 0 Å². The molecule has 1 aromatic carbocycles. The van der Waals surface area contributed by atoms with Crippen LogP contribution < -0.4 is 5.32 Å². The van der Waals surface area contributed by atoms with Gasteiger partial charge in [-0.15, -0.1) is 0 Å². The van der Waals surface area contributed by atoms with Crippen molar-refractivity contribution in [2.45, 2.75) is 37.6 Å². The molecule has 3 aromatic rings. The summed E-state index contributed by atoms with van der Waals surface area (Å²) in [7, 11) is -3.64. The van der Waals surface area contributed by atoms with Gasteiger partial charge in [-0.25, -0.2) is 8.42 Å². The molecule has 0 spiro atoms. The predicted molar refractivity (Wildman–Crippen MR) is 115 cm³/mol. The number of piperidine rings is 1. The van der Waals surface area contributed by atoms with Crippen LogP contribution in [0.3, 0.4) is 0 Å². The summed E-state index contributed by atoms with van der Waals surface area (Å²) < 4.78 is 35.2. The molecule has 2 aromatic heterocycles. The van der Waals surface area contributed by atoms with E-state index >= 15 is 0 Å². The third kappa shape index (κ3) is 4.15. The zero-order valence-electron chi connectivity index (χ0n) is 17.1. The maximum absolute atomic E-state index is 13.2. The van der Waals surface area contributed by atoms with Crippen LogP contribution in [0, 0.1) is 5.92 Å². The molecule has 0 saturated carbocycles. The Kier molecular flexibility index (Phi) is 5.97. The minimum absolute atomic E-state index is 0.100. The van der Waals surface area contributed by atoms with Crippen molar-refractivity contribution in [3.8, 4) is 0 Å². The van der Waals surface area contributed by atoms with Gasteiger partial charge in [-0.05, 0) is 56.2 Å². The van der Waals surface area contributed by atoms with Crippen molar-refractivity contribution in [2.75, 3.05) is 19.6 Å². The molecule has 7 nitrogen and oxygen atoms in total. The first-order chi connectivity index (χ1) is 14.5. The molecule has 0 unspecified atom stereocenters. The van der Waals surface area contributed by atoms with Crippen molar-refractivity contribution in [3.05, 3.63) is 54.6 Å². The van der Waals surface area contributed by atoms with Crippen molar-refractivity contribution in [2.24, 2.45) is 5.92 Å². The van der Waals surface area contributed by atoms with Crippen molar-refractivity contribution in [1.29, 1.82) is 0 Å². The van der Waals surface area contributed by atoms with Gasteiger partial charge in [0, 0.05) is 49.7 Å². The van der Waals surface area contributed by atoms with E-state index in [-0.39, 0.29) is 23.3 Å². The molecule has 30 heavy (non-hydrogen) atoms. The fourth-order valence-corrected chi connectivity index (χ4v) is 5.61. The Bertz CT molecular complexity index is 1120. The number of amides is 1. The van der Waals surface area contributed by atoms with E-state index in [1.165, 1.54) is 4.31 Å². The third-order valence-corrected chi connectivity index (χ3v) is 7.59. The third-order valence-electron chi connectivity index (χ3n) is 5.73. The summed E-state index contributed by atoms with van der Waals surface area (Å²) in [6, 6.07) is 10.9. The number of carbonyl (C=O) groups excluding carboxylic acids is 1. The monoisotopic (exact) mass is 429 g/mol. The average molecular weight is 430 g/mol. The Morgan fingerprint density at radius 1 is 1.27 bits per heavy atom. The zero-order chi connectivity index (χ0) is 21.1. The van der Waals surface area contributed by atoms with Gasteiger partial charge in [0.1, 0.15) is 5.76 Å². The zero-order valence-corrected chi connectivity index (χ0v) is 17.9. The molecule has 3 heterocycles. The molecule has 1 amide bonds. The van der Waals surface area contributed by atoms with E-state index in [4.69, 9.17) is 4.42 Å². The van der Waals surface area contributed by atoms with E-state index in [1.807, 2.05) is 30.5 Å². The van der Waals surface area contributed by atoms with Gasteiger partial charge in [-0.1, -0.05) is 0 Å². The van der Waals surface area contributed by atoms with Gasteiger partial charge in [0.05, 0.1) is 17.1 Å². The topological polar surface area (TPSA) is 84.5 Å². The van der Waals surface area contributed by atoms with Gasteiger partial charge in [0.15, 0.2) is 0 Å². The number of rotatable bonds is 7. The summed E-state index contributed by atoms with van der Waals surface area (Å²) in [5.41, 5.74) is 1.02. The number of fused-ring (bicyclic) bond motifs is 1. The molecule has 1 aliphatic heterocycles. The van der Waals surface area contributed by atoms with Crippen LogP contribution in [-0.2, 0) is 27.8 Å². The number of furan rings is 1. The predicted octanol–water partition coefficient (Wildman–Crippen LogP) is 3.01. The Balaban J connectivity index is 1.43. The molecule has 1 fully saturated rings. The molecule has 0 bridgehead atoms. The second-order valence-electron chi connectivity index (χ2n) is 7.64. The van der Waals surface area contributed by atoms with Gasteiger partial charge in [-0.3, -0.25) is 4.79 Å². The number of hydrogen-bond donors (Lipinski definition) is 1. The van der Waals surface area contributed by atoms with Crippen LogP contribution in [0.1, 0.15) is 25.5 Å². The summed E-state index contributed by atoms with van der Waals surface area (Å²) >= 11 is 0. The first kappa shape index (κ1) is 20.7. The quantitative estimate of drug-likeness (QED) is 0.626. The fraction of sp³-hybridized carbons (Fsp3) is 0.409. The molecule has 0 aliphatic carbocycles. The van der Waals surface area contributed by atoms with Crippen LogP contribution >= 0.6 is 0 Å². The molecular formula is C22H27N3O4S. The summed E-state index contributed by atoms with van der Waals surface area (Å²) in [6.45, 7) is 4.01. The van der Waals surface area contributed by atoms with Crippen molar-refractivity contribution in [3.63, 3.8) is 0 Å². The fourth-order valence-electron chi connectivity index (χ4n) is 4.05. The van der Waals surface area contributed by atoms with E-state index in [0.29, 0.717) is 32.4 Å². The largest absolute Gasteiger partial charge is 0.469 e. The normalized spacial score (nSPS) is 18.0. The van der Waals surface area contributed by atoms with Gasteiger partial charge in [0.25, 0.3) is 0 Å². The lowest BCUT2D eigenvalue weighted by molar-refractivity contribution is -0.126. The molecule has 160 valence electrons. The van der Waals surface area contributed by atoms with Crippen LogP contribution in [0.2, 0.25) is 0 Å². The lowest BCUT2D eigenvalue weighted by Gasteiger charge is -2.31. The lowest BCUT2D eigenvalue weighted by atomic mass is 9.99. The molecule has 0 radical (unpaired) electrons. The van der Waals surface area contributed by atoms with Crippen LogP contribution in [0.15, 0.2) is 58.2 Å². The minimum atomic E-state index is -3.64. The molecule has 8 heteroatoms. The van der Waals surface area contributed by atoms with Crippen LogP contribution in [-0.4, -0.2) is 42.8 Å². The minimum Gasteiger partial charge on any atom is -0.469 e. The van der Waals surface area contributed by atoms with Gasteiger partial charge in [-0.2, -0.15) is 4.31 Å². The SMILES string of the molecule is CCn1ccc2cc(S(=O)(=O)N3CCC[C@H](C(=O)NCCc4ccco4)C3)ccc21. The number of benzene rings is 1. The smallest absolute Gasteiger partial charge is 0.243 e. The highest BCUT2D eigenvalue weighted by Gasteiger charge is 2.33. The first-order valence-electron chi connectivity index (χ1n) is 10.4. The number of nitrogens with one attached hydrogen (secondary N) is 1. The van der Waals surface area contributed by atoms with E-state index in [9.17, 15) is 13.2 Å². The van der Waals surface area contributed by atoms with E-state index < -0.39 is 10.0 Å². The number of carbonyl (C=O) groups is 1. The molecule has 1 atom stereocenters. The van der Waals surface area contributed by atoms with Gasteiger partial charge < -0.3 is 14.3 Å². The second-order valence-corrected chi connectivity index (χ2v) is 9.58. The highest BCUT2D eigenvalue weighted by Crippen LogP contribution is 2.27. The van der Waals surface area contributed by atoms with Crippen molar-refractivity contribution in [1.82, 2.24) is 14.2 Å². The highest BCUT2D eigenvalue weighted by molar-refractivity contribution is 7.89. The molecule has 1 saturated heterocycles. The van der Waals surface area contributed by atoms with Crippen LogP contribution in [0.5, 0.6) is 0 Å². The highest BCUT2D eigenvalue weighted by atomic mass is 32.2. The number of aromatic nitrogens is 1. The number of sulfonamides is 1. The van der Waals surface area contributed by atoms with Crippen LogP contribution in [0.25, 0.3) is 10.9 Å². The maximum atomic E-state index is 13.2. The maximum Gasteiger partial charge on any atom is 0.243 e. The Morgan fingerprint density at radius 3 is 2.90 bits per heavy atom. The lowest BCUT2D eigenvalue weighted by Crippen LogP contribution is -2.45. The second kappa shape index (κ2) is 8.65. The summed E-state index contributed by atoms with van der Waals surface area (Å²) in [6.07, 6.45) is 5.55. The van der Waals surface area contributed by atoms with Crippen molar-refractivity contribution >= 4 is 26.8 Å². The average Bonchev–Trinajstić information content (AvgIpc) is 3.42. The molecule has 1 aliphatic rings. The summed E-state index contributed by atoms with van der Waals surface area (Å²) in [5, 5.41) is 3.82. The van der Waals surface area contributed by atoms with Crippen molar-refractivity contribution < 1.29 is 17.6 Å². The number of hydrogen-bond acceptors (Lipinski definition) is 4. The molecule has 1 N–H and O–H groups in total. The molecular weight excluding hydrogens is 402 g/mol. The number of nitrogens with zero attached hydrogens (tertiary/aromatic N) is 2.